The Morgan fingerprint density at radius 3 is 2.71 bits per heavy atom. The van der Waals surface area contributed by atoms with Crippen molar-refractivity contribution in [1.29, 1.82) is 0 Å². The number of thiophene rings is 1. The molecule has 0 fully saturated rings. The van der Waals surface area contributed by atoms with Crippen LogP contribution in [0.4, 0.5) is 11.4 Å². The quantitative estimate of drug-likeness (QED) is 0.880. The first-order valence-corrected chi connectivity index (χ1v) is 6.31. The van der Waals surface area contributed by atoms with Gasteiger partial charge in [-0.15, -0.1) is 11.3 Å². The topological polar surface area (TPSA) is 55.1 Å². The largest absolute Gasteiger partial charge is 0.397 e. The maximum atomic E-state index is 11.9. The van der Waals surface area contributed by atoms with Gasteiger partial charge in [-0.05, 0) is 23.6 Å². The summed E-state index contributed by atoms with van der Waals surface area (Å²) in [7, 11) is 0. The molecule has 2 rings (SSSR count). The first-order chi connectivity index (χ1) is 8.09. The molecule has 0 aliphatic rings. The van der Waals surface area contributed by atoms with Crippen molar-refractivity contribution in [3.8, 4) is 0 Å². The van der Waals surface area contributed by atoms with E-state index in [1.54, 1.807) is 29.6 Å². The third kappa shape index (κ3) is 2.54. The molecule has 1 aromatic heterocycles. The molecule has 88 valence electrons. The van der Waals surface area contributed by atoms with Crippen molar-refractivity contribution in [2.75, 3.05) is 11.1 Å². The van der Waals surface area contributed by atoms with Gasteiger partial charge in [-0.25, -0.2) is 0 Å². The Morgan fingerprint density at radius 1 is 1.29 bits per heavy atom. The lowest BCUT2D eigenvalue weighted by atomic mass is 10.3. The van der Waals surface area contributed by atoms with Crippen molar-refractivity contribution in [2.24, 2.45) is 0 Å². The molecule has 0 radical (unpaired) electrons. The minimum atomic E-state index is -0.290. The molecule has 0 saturated carbocycles. The van der Waals surface area contributed by atoms with Gasteiger partial charge in [-0.3, -0.25) is 4.79 Å². The molecule has 0 bridgehead atoms. The van der Waals surface area contributed by atoms with Gasteiger partial charge in [0.05, 0.1) is 21.4 Å². The fourth-order valence-electron chi connectivity index (χ4n) is 1.28. The zero-order valence-corrected chi connectivity index (χ0v) is 10.9. The molecule has 0 aliphatic heterocycles. The van der Waals surface area contributed by atoms with Gasteiger partial charge >= 0.3 is 0 Å². The molecule has 2 aromatic rings. The minimum Gasteiger partial charge on any atom is -0.397 e. The van der Waals surface area contributed by atoms with Gasteiger partial charge in [0, 0.05) is 0 Å². The summed E-state index contributed by atoms with van der Waals surface area (Å²) in [4.78, 5) is 12.3. The maximum absolute atomic E-state index is 11.9. The Bertz CT molecular complexity index is 568. The third-order valence-electron chi connectivity index (χ3n) is 2.10. The number of amides is 1. The van der Waals surface area contributed by atoms with E-state index in [2.05, 4.69) is 5.32 Å². The lowest BCUT2D eigenvalue weighted by Gasteiger charge is -2.07. The molecule has 3 N–H and O–H groups in total. The van der Waals surface area contributed by atoms with Crippen LogP contribution >= 0.6 is 34.5 Å². The fourth-order valence-corrected chi connectivity index (χ4v) is 2.34. The van der Waals surface area contributed by atoms with Gasteiger partial charge in [0.25, 0.3) is 5.91 Å². The van der Waals surface area contributed by atoms with E-state index in [0.717, 1.165) is 0 Å². The summed E-state index contributed by atoms with van der Waals surface area (Å²) in [5.41, 5.74) is 6.57. The highest BCUT2D eigenvalue weighted by Gasteiger charge is 2.13. The predicted molar refractivity (Wildman–Crippen MR) is 73.1 cm³/mol. The van der Waals surface area contributed by atoms with Crippen LogP contribution in [0.1, 0.15) is 9.67 Å². The van der Waals surface area contributed by atoms with Gasteiger partial charge < -0.3 is 11.1 Å². The van der Waals surface area contributed by atoms with E-state index in [9.17, 15) is 4.79 Å². The van der Waals surface area contributed by atoms with Crippen molar-refractivity contribution in [3.05, 3.63) is 44.6 Å². The van der Waals surface area contributed by atoms with E-state index < -0.39 is 0 Å². The zero-order valence-electron chi connectivity index (χ0n) is 8.54. The highest BCUT2D eigenvalue weighted by molar-refractivity contribution is 7.12. The zero-order chi connectivity index (χ0) is 12.4. The minimum absolute atomic E-state index is 0.290. The van der Waals surface area contributed by atoms with E-state index in [-0.39, 0.29) is 5.91 Å². The number of nitrogens with one attached hydrogen (secondary N) is 1. The molecular weight excluding hydrogens is 279 g/mol. The summed E-state index contributed by atoms with van der Waals surface area (Å²) in [5, 5.41) is 5.13. The summed E-state index contributed by atoms with van der Waals surface area (Å²) in [6.07, 6.45) is 0. The molecule has 1 aromatic carbocycles. The van der Waals surface area contributed by atoms with E-state index in [4.69, 9.17) is 28.9 Å². The Hall–Kier alpha value is -1.23. The lowest BCUT2D eigenvalue weighted by molar-refractivity contribution is 0.103. The third-order valence-corrected chi connectivity index (χ3v) is 3.85. The van der Waals surface area contributed by atoms with Gasteiger partial charge in [-0.2, -0.15) is 0 Å². The Morgan fingerprint density at radius 2 is 2.06 bits per heavy atom. The summed E-state index contributed by atoms with van der Waals surface area (Å²) in [5.74, 6) is -0.290. The first kappa shape index (κ1) is 12.2. The molecule has 6 heteroatoms. The molecule has 0 saturated heterocycles. The maximum Gasteiger partial charge on any atom is 0.267 e. The molecule has 0 atom stereocenters. The van der Waals surface area contributed by atoms with Crippen molar-refractivity contribution < 1.29 is 4.79 Å². The second-order valence-electron chi connectivity index (χ2n) is 3.26. The van der Waals surface area contributed by atoms with E-state index in [1.165, 1.54) is 11.3 Å². The van der Waals surface area contributed by atoms with Crippen LogP contribution in [0.25, 0.3) is 0 Å². The summed E-state index contributed by atoms with van der Waals surface area (Å²) < 4.78 is 0. The number of nitrogen functional groups attached to an aromatic ring is 1. The van der Waals surface area contributed by atoms with Crippen LogP contribution in [0.15, 0.2) is 29.6 Å². The van der Waals surface area contributed by atoms with Crippen molar-refractivity contribution in [1.82, 2.24) is 0 Å². The van der Waals surface area contributed by atoms with Crippen LogP contribution in [0.2, 0.25) is 10.0 Å². The number of hydrogen-bond acceptors (Lipinski definition) is 3. The molecule has 17 heavy (non-hydrogen) atoms. The number of carbonyl (C=O) groups is 1. The van der Waals surface area contributed by atoms with Crippen LogP contribution < -0.4 is 11.1 Å². The fraction of sp³-hybridized carbons (Fsp3) is 0. The summed E-state index contributed by atoms with van der Waals surface area (Å²) >= 11 is 13.1. The smallest absolute Gasteiger partial charge is 0.267 e. The normalized spacial score (nSPS) is 10.2. The number of nitrogens with two attached hydrogens (primary N) is 1. The SMILES string of the molecule is Nc1ccsc1C(=O)Nc1cccc(Cl)c1Cl. The molecule has 0 unspecified atom stereocenters. The van der Waals surface area contributed by atoms with Crippen molar-refractivity contribution in [2.45, 2.75) is 0 Å². The second-order valence-corrected chi connectivity index (χ2v) is 4.96. The van der Waals surface area contributed by atoms with Gasteiger partial charge in [-0.1, -0.05) is 29.3 Å². The summed E-state index contributed by atoms with van der Waals surface area (Å²) in [6.45, 7) is 0. The molecular formula is C11H8Cl2N2OS. The van der Waals surface area contributed by atoms with Crippen molar-refractivity contribution >= 4 is 51.8 Å². The molecule has 1 heterocycles. The van der Waals surface area contributed by atoms with Crippen LogP contribution in [0.3, 0.4) is 0 Å². The standard InChI is InChI=1S/C11H8Cl2N2OS/c12-6-2-1-3-8(9(6)13)15-11(16)10-7(14)4-5-17-10/h1-5H,14H2,(H,15,16). The van der Waals surface area contributed by atoms with E-state index in [0.29, 0.717) is 26.3 Å². The number of hydrogen-bond donors (Lipinski definition) is 2. The first-order valence-electron chi connectivity index (χ1n) is 4.68. The van der Waals surface area contributed by atoms with E-state index >= 15 is 0 Å². The highest BCUT2D eigenvalue weighted by Crippen LogP contribution is 2.30. The Balaban J connectivity index is 2.25. The number of anilines is 2. The number of rotatable bonds is 2. The molecule has 0 aliphatic carbocycles. The Kier molecular flexibility index (Phi) is 3.57. The molecule has 1 amide bonds. The number of carbonyl (C=O) groups excluding carboxylic acids is 1. The van der Waals surface area contributed by atoms with Crippen LogP contribution in [-0.2, 0) is 0 Å². The molecule has 3 nitrogen and oxygen atoms in total. The van der Waals surface area contributed by atoms with Crippen molar-refractivity contribution in [3.63, 3.8) is 0 Å². The highest BCUT2D eigenvalue weighted by atomic mass is 35.5. The van der Waals surface area contributed by atoms with E-state index in [1.807, 2.05) is 0 Å². The average Bonchev–Trinajstić information content (AvgIpc) is 2.71. The van der Waals surface area contributed by atoms with Gasteiger partial charge in [0.2, 0.25) is 0 Å². The Labute approximate surface area is 112 Å². The predicted octanol–water partition coefficient (Wildman–Crippen LogP) is 3.89. The van der Waals surface area contributed by atoms with Gasteiger partial charge in [0.1, 0.15) is 4.88 Å². The number of halogens is 2. The van der Waals surface area contributed by atoms with Crippen LogP contribution in [0.5, 0.6) is 0 Å². The van der Waals surface area contributed by atoms with Crippen LogP contribution in [0, 0.1) is 0 Å². The number of benzene rings is 1. The van der Waals surface area contributed by atoms with Gasteiger partial charge in [0.15, 0.2) is 0 Å². The molecule has 0 spiro atoms. The lowest BCUT2D eigenvalue weighted by Crippen LogP contribution is -2.12. The summed E-state index contributed by atoms with van der Waals surface area (Å²) in [6, 6.07) is 6.72. The second kappa shape index (κ2) is 4.96. The average molecular weight is 287 g/mol. The monoisotopic (exact) mass is 286 g/mol. The van der Waals surface area contributed by atoms with Crippen LogP contribution in [-0.4, -0.2) is 5.91 Å².